The number of aryl methyl sites for hydroxylation is 2. The van der Waals surface area contributed by atoms with E-state index in [4.69, 9.17) is 4.74 Å². The monoisotopic (exact) mass is 540 g/mol. The average molecular weight is 541 g/mol. The Labute approximate surface area is 237 Å². The minimum atomic E-state index is -0.271. The van der Waals surface area contributed by atoms with Gasteiger partial charge < -0.3 is 9.84 Å². The van der Waals surface area contributed by atoms with E-state index in [1.807, 2.05) is 50.4 Å². The van der Waals surface area contributed by atoms with Crippen molar-refractivity contribution in [3.63, 3.8) is 0 Å². The number of imide groups is 1. The Hall–Kier alpha value is -3.25. The first kappa shape index (κ1) is 26.9. The fraction of sp³-hybridized carbons (Fsp3) is 0.500. The number of pyridine rings is 1. The highest BCUT2D eigenvalue weighted by molar-refractivity contribution is 6.06. The molecule has 2 aromatic rings. The molecule has 6 nitrogen and oxygen atoms in total. The number of hydrogen-bond acceptors (Lipinski definition) is 5. The zero-order valence-corrected chi connectivity index (χ0v) is 23.9. The molecular weight excluding hydrogens is 500 g/mol. The van der Waals surface area contributed by atoms with E-state index in [9.17, 15) is 14.7 Å². The van der Waals surface area contributed by atoms with Crippen LogP contribution in [0.1, 0.15) is 80.7 Å². The van der Waals surface area contributed by atoms with E-state index in [0.29, 0.717) is 18.8 Å². The molecule has 4 aliphatic rings. The summed E-state index contributed by atoms with van der Waals surface area (Å²) in [5.41, 5.74) is 7.26. The van der Waals surface area contributed by atoms with Crippen molar-refractivity contribution in [1.82, 2.24) is 9.88 Å². The molecule has 210 valence electrons. The minimum absolute atomic E-state index is 0.00142. The number of phenolic OH excluding ortho intramolecular Hbond substituents is 1. The second kappa shape index (κ2) is 11.0. The molecule has 3 heterocycles. The van der Waals surface area contributed by atoms with E-state index < -0.39 is 0 Å². The molecule has 2 aliphatic carbocycles. The molecule has 1 N–H and O–H groups in total. The van der Waals surface area contributed by atoms with Gasteiger partial charge in [-0.2, -0.15) is 0 Å². The van der Waals surface area contributed by atoms with Crippen molar-refractivity contribution in [2.45, 2.75) is 84.3 Å². The Balaban J connectivity index is 1.23. The molecule has 3 fully saturated rings. The molecule has 1 saturated carbocycles. The summed E-state index contributed by atoms with van der Waals surface area (Å²) in [6.45, 7) is 6.49. The standard InChI is InChI=1S/C34H40N2O4/c1-20-17-26-31(34(39)36(33(26)38)25-9-5-4-6-10-25)27-19-40-29(30(20)27)13-12-24(28-11-7-8-14-35-28)18-23-15-21(2)32(37)22(3)16-23/h7-8,11,14-16,18,25-27,29,31,37H,4-6,9-10,12-13,17,19H2,1-3H3/b24-18-/t26-,27+,29-,31-/m1/s1. The Bertz CT molecular complexity index is 1350. The lowest BCUT2D eigenvalue weighted by Gasteiger charge is -2.31. The van der Waals surface area contributed by atoms with Gasteiger partial charge in [-0.3, -0.25) is 19.5 Å². The molecule has 2 aliphatic heterocycles. The summed E-state index contributed by atoms with van der Waals surface area (Å²) >= 11 is 0. The largest absolute Gasteiger partial charge is 0.507 e. The number of likely N-dealkylation sites (tertiary alicyclic amines) is 1. The lowest BCUT2D eigenvalue weighted by molar-refractivity contribution is -0.143. The summed E-state index contributed by atoms with van der Waals surface area (Å²) in [5.74, 6) is -0.0559. The van der Waals surface area contributed by atoms with Crippen LogP contribution in [0.4, 0.5) is 0 Å². The normalized spacial score (nSPS) is 27.4. The number of rotatable bonds is 6. The molecular formula is C34H40N2O4. The topological polar surface area (TPSA) is 79.7 Å². The predicted molar refractivity (Wildman–Crippen MR) is 155 cm³/mol. The highest BCUT2D eigenvalue weighted by Gasteiger charge is 2.57. The van der Waals surface area contributed by atoms with E-state index in [0.717, 1.165) is 66.5 Å². The fourth-order valence-electron chi connectivity index (χ4n) is 7.74. The Kier molecular flexibility index (Phi) is 7.39. The lowest BCUT2D eigenvalue weighted by Crippen LogP contribution is -2.42. The van der Waals surface area contributed by atoms with E-state index in [2.05, 4.69) is 18.0 Å². The number of carbonyl (C=O) groups is 2. The van der Waals surface area contributed by atoms with Gasteiger partial charge in [-0.1, -0.05) is 30.9 Å². The van der Waals surface area contributed by atoms with Crippen LogP contribution in [-0.2, 0) is 14.3 Å². The zero-order valence-electron chi connectivity index (χ0n) is 23.9. The van der Waals surface area contributed by atoms with Crippen molar-refractivity contribution in [3.8, 4) is 5.75 Å². The first-order valence-corrected chi connectivity index (χ1v) is 14.9. The summed E-state index contributed by atoms with van der Waals surface area (Å²) in [5, 5.41) is 10.3. The van der Waals surface area contributed by atoms with Gasteiger partial charge in [-0.25, -0.2) is 0 Å². The minimum Gasteiger partial charge on any atom is -0.507 e. The summed E-state index contributed by atoms with van der Waals surface area (Å²) in [4.78, 5) is 33.5. The summed E-state index contributed by atoms with van der Waals surface area (Å²) < 4.78 is 6.41. The van der Waals surface area contributed by atoms with Crippen molar-refractivity contribution < 1.29 is 19.4 Å². The summed E-state index contributed by atoms with van der Waals surface area (Å²) in [6.07, 6.45) is 11.4. The molecule has 2 amide bonds. The van der Waals surface area contributed by atoms with Gasteiger partial charge in [0.05, 0.1) is 30.2 Å². The third-order valence-electron chi connectivity index (χ3n) is 9.65. The maximum absolute atomic E-state index is 13.7. The average Bonchev–Trinajstić information content (AvgIpc) is 3.49. The number of ether oxygens (including phenoxy) is 1. The number of nitrogens with zero attached hydrogens (tertiary/aromatic N) is 2. The molecule has 6 rings (SSSR count). The van der Waals surface area contributed by atoms with Crippen molar-refractivity contribution in [1.29, 1.82) is 0 Å². The molecule has 6 heteroatoms. The van der Waals surface area contributed by atoms with Crippen LogP contribution < -0.4 is 0 Å². The number of fused-ring (bicyclic) bond motifs is 3. The predicted octanol–water partition coefficient (Wildman–Crippen LogP) is 6.39. The van der Waals surface area contributed by atoms with Gasteiger partial charge in [0.15, 0.2) is 0 Å². The maximum Gasteiger partial charge on any atom is 0.234 e. The number of allylic oxidation sites excluding steroid dienone is 2. The zero-order chi connectivity index (χ0) is 28.0. The molecule has 0 spiro atoms. The Morgan fingerprint density at radius 1 is 1.05 bits per heavy atom. The summed E-state index contributed by atoms with van der Waals surface area (Å²) in [7, 11) is 0. The highest BCUT2D eigenvalue weighted by atomic mass is 16.5. The molecule has 40 heavy (non-hydrogen) atoms. The van der Waals surface area contributed by atoms with Gasteiger partial charge >= 0.3 is 0 Å². The van der Waals surface area contributed by atoms with E-state index in [1.54, 1.807) is 4.90 Å². The third-order valence-corrected chi connectivity index (χ3v) is 9.65. The molecule has 1 aromatic heterocycles. The first-order valence-electron chi connectivity index (χ1n) is 14.9. The van der Waals surface area contributed by atoms with Crippen LogP contribution in [0.5, 0.6) is 5.75 Å². The van der Waals surface area contributed by atoms with E-state index >= 15 is 0 Å². The molecule has 4 atom stereocenters. The van der Waals surface area contributed by atoms with Crippen molar-refractivity contribution >= 4 is 23.5 Å². The van der Waals surface area contributed by atoms with Crippen LogP contribution in [0.2, 0.25) is 0 Å². The fourth-order valence-corrected chi connectivity index (χ4v) is 7.74. The number of hydrogen-bond donors (Lipinski definition) is 1. The van der Waals surface area contributed by atoms with E-state index in [1.165, 1.54) is 17.6 Å². The van der Waals surface area contributed by atoms with Crippen molar-refractivity contribution in [2.24, 2.45) is 17.8 Å². The summed E-state index contributed by atoms with van der Waals surface area (Å²) in [6, 6.07) is 10.0. The quantitative estimate of drug-likeness (QED) is 0.339. The van der Waals surface area contributed by atoms with Gasteiger partial charge in [0.25, 0.3) is 0 Å². The van der Waals surface area contributed by atoms with Gasteiger partial charge in [0.2, 0.25) is 11.8 Å². The number of carbonyl (C=O) groups excluding carboxylic acids is 2. The van der Waals surface area contributed by atoms with Crippen LogP contribution in [0.15, 0.2) is 47.7 Å². The second-order valence-corrected chi connectivity index (χ2v) is 12.3. The molecule has 0 radical (unpaired) electrons. The number of phenols is 1. The first-order chi connectivity index (χ1) is 19.3. The highest BCUT2D eigenvalue weighted by Crippen LogP contribution is 2.50. The van der Waals surface area contributed by atoms with Gasteiger partial charge in [0, 0.05) is 18.2 Å². The van der Waals surface area contributed by atoms with Gasteiger partial charge in [-0.05, 0) is 111 Å². The second-order valence-electron chi connectivity index (χ2n) is 12.3. The SMILES string of the molecule is CC1=C2[C@@H](CC/C(=C/c3cc(C)c(O)c(C)c3)c3ccccn3)OC[C@@H]2[C@@H]2C(=O)N(C3CCCCC3)C(=O)[C@@H]2C1. The molecule has 2 saturated heterocycles. The van der Waals surface area contributed by atoms with Crippen molar-refractivity contribution in [3.05, 3.63) is 70.1 Å². The molecule has 0 bridgehead atoms. The Morgan fingerprint density at radius 2 is 1.80 bits per heavy atom. The number of amides is 2. The van der Waals surface area contributed by atoms with Crippen LogP contribution in [-0.4, -0.2) is 45.6 Å². The van der Waals surface area contributed by atoms with Gasteiger partial charge in [0.1, 0.15) is 5.75 Å². The molecule has 1 aromatic carbocycles. The number of aromatic hydroxyl groups is 1. The van der Waals surface area contributed by atoms with Crippen LogP contribution >= 0.6 is 0 Å². The number of aromatic nitrogens is 1. The third kappa shape index (κ3) is 4.81. The van der Waals surface area contributed by atoms with Crippen LogP contribution in [0.25, 0.3) is 11.6 Å². The van der Waals surface area contributed by atoms with Gasteiger partial charge in [-0.15, -0.1) is 0 Å². The number of benzene rings is 1. The van der Waals surface area contributed by atoms with Crippen LogP contribution in [0, 0.1) is 31.6 Å². The lowest BCUT2D eigenvalue weighted by atomic mass is 9.70. The van der Waals surface area contributed by atoms with Crippen LogP contribution in [0.3, 0.4) is 0 Å². The van der Waals surface area contributed by atoms with Crippen molar-refractivity contribution in [2.75, 3.05) is 6.61 Å². The Morgan fingerprint density at radius 3 is 2.50 bits per heavy atom. The smallest absolute Gasteiger partial charge is 0.234 e. The maximum atomic E-state index is 13.7. The molecule has 0 unspecified atom stereocenters. The van der Waals surface area contributed by atoms with E-state index in [-0.39, 0.29) is 41.7 Å².